The molecule has 2 aromatic rings. The van der Waals surface area contributed by atoms with Crippen LogP contribution < -0.4 is 4.72 Å². The molecule has 1 aliphatic rings. The number of hydrogen-bond donors (Lipinski definition) is 1. The molecule has 2 heterocycles. The number of amides is 1. The molecule has 3 rings (SSSR count). The Balaban J connectivity index is 1.57. The molecule has 1 fully saturated rings. The Hall–Kier alpha value is -1.81. The van der Waals surface area contributed by atoms with Crippen molar-refractivity contribution in [1.29, 1.82) is 0 Å². The lowest BCUT2D eigenvalue weighted by molar-refractivity contribution is -0.133. The van der Waals surface area contributed by atoms with Crippen molar-refractivity contribution in [2.75, 3.05) is 19.7 Å². The third-order valence-corrected chi connectivity index (χ3v) is 6.82. The van der Waals surface area contributed by atoms with Crippen molar-refractivity contribution in [2.24, 2.45) is 0 Å². The molecule has 9 heteroatoms. The van der Waals surface area contributed by atoms with Crippen LogP contribution in [0.15, 0.2) is 46.7 Å². The highest BCUT2D eigenvalue weighted by atomic mass is 32.2. The van der Waals surface area contributed by atoms with Crippen molar-refractivity contribution in [1.82, 2.24) is 9.62 Å². The Morgan fingerprint density at radius 3 is 2.71 bits per heavy atom. The van der Waals surface area contributed by atoms with Gasteiger partial charge in [-0.2, -0.15) is 0 Å². The maximum Gasteiger partial charge on any atom is 0.240 e. The zero-order valence-electron chi connectivity index (χ0n) is 15.3. The fourth-order valence-electron chi connectivity index (χ4n) is 3.03. The highest BCUT2D eigenvalue weighted by molar-refractivity contribution is 7.89. The van der Waals surface area contributed by atoms with E-state index in [0.717, 1.165) is 29.9 Å². The van der Waals surface area contributed by atoms with E-state index in [2.05, 4.69) is 4.72 Å². The third-order valence-electron chi connectivity index (χ3n) is 4.48. The molecule has 1 aromatic carbocycles. The third kappa shape index (κ3) is 5.84. The Kier molecular flexibility index (Phi) is 7.17. The SMILES string of the molecule is O=C(CCNS(=O)(=O)c1ccc(F)cc1)N(Cc1cccs1)CC1CCCO1. The highest BCUT2D eigenvalue weighted by Gasteiger charge is 2.23. The molecule has 0 bridgehead atoms. The molecule has 1 aliphatic heterocycles. The normalized spacial score (nSPS) is 17.0. The van der Waals surface area contributed by atoms with Crippen LogP contribution in [0.3, 0.4) is 0 Å². The van der Waals surface area contributed by atoms with Crippen molar-refractivity contribution in [2.45, 2.75) is 36.8 Å². The second-order valence-electron chi connectivity index (χ2n) is 6.59. The maximum absolute atomic E-state index is 13.0. The van der Waals surface area contributed by atoms with Crippen molar-refractivity contribution >= 4 is 27.3 Å². The molecule has 28 heavy (non-hydrogen) atoms. The van der Waals surface area contributed by atoms with E-state index >= 15 is 0 Å². The second kappa shape index (κ2) is 9.60. The molecule has 1 unspecified atom stereocenters. The Morgan fingerprint density at radius 1 is 1.29 bits per heavy atom. The summed E-state index contributed by atoms with van der Waals surface area (Å²) < 4.78 is 45.5. The van der Waals surface area contributed by atoms with Crippen molar-refractivity contribution < 1.29 is 22.3 Å². The Bertz CT molecular complexity index is 864. The number of ether oxygens (including phenoxy) is 1. The van der Waals surface area contributed by atoms with Gasteiger partial charge >= 0.3 is 0 Å². The number of rotatable bonds is 9. The molecule has 6 nitrogen and oxygen atoms in total. The number of nitrogens with zero attached hydrogens (tertiary/aromatic N) is 1. The lowest BCUT2D eigenvalue weighted by Gasteiger charge is -2.25. The zero-order chi connectivity index (χ0) is 20.0. The van der Waals surface area contributed by atoms with Crippen LogP contribution in [0, 0.1) is 5.82 Å². The number of thiophene rings is 1. The van der Waals surface area contributed by atoms with Gasteiger partial charge in [0.25, 0.3) is 0 Å². The van der Waals surface area contributed by atoms with E-state index in [4.69, 9.17) is 4.74 Å². The summed E-state index contributed by atoms with van der Waals surface area (Å²) >= 11 is 1.58. The van der Waals surface area contributed by atoms with Gasteiger partial charge in [0, 0.05) is 31.0 Å². The minimum Gasteiger partial charge on any atom is -0.376 e. The van der Waals surface area contributed by atoms with Gasteiger partial charge in [-0.05, 0) is 48.6 Å². The smallest absolute Gasteiger partial charge is 0.240 e. The number of carbonyl (C=O) groups excluding carboxylic acids is 1. The van der Waals surface area contributed by atoms with Gasteiger partial charge in [0.1, 0.15) is 5.82 Å². The standard InChI is InChI=1S/C19H23FN2O4S2/c20-15-5-7-18(8-6-15)28(24,25)21-10-9-19(23)22(13-16-3-1-11-26-16)14-17-4-2-12-27-17/h2,4-8,12,16,21H,1,3,9-11,13-14H2. The van der Waals surface area contributed by atoms with E-state index in [0.29, 0.717) is 19.7 Å². The highest BCUT2D eigenvalue weighted by Crippen LogP contribution is 2.18. The molecule has 1 N–H and O–H groups in total. The first-order valence-electron chi connectivity index (χ1n) is 9.11. The summed E-state index contributed by atoms with van der Waals surface area (Å²) in [6, 6.07) is 8.47. The minimum absolute atomic E-state index is 0.0228. The van der Waals surface area contributed by atoms with Gasteiger partial charge in [-0.15, -0.1) is 11.3 Å². The van der Waals surface area contributed by atoms with Crippen LogP contribution in [0.4, 0.5) is 4.39 Å². The molecular weight excluding hydrogens is 403 g/mol. The van der Waals surface area contributed by atoms with Crippen LogP contribution in [-0.4, -0.2) is 45.0 Å². The molecular formula is C19H23FN2O4S2. The number of halogens is 1. The van der Waals surface area contributed by atoms with E-state index in [9.17, 15) is 17.6 Å². The quantitative estimate of drug-likeness (QED) is 0.669. The van der Waals surface area contributed by atoms with Gasteiger partial charge in [-0.1, -0.05) is 6.07 Å². The average molecular weight is 427 g/mol. The predicted molar refractivity (Wildman–Crippen MR) is 105 cm³/mol. The van der Waals surface area contributed by atoms with E-state index < -0.39 is 15.8 Å². The average Bonchev–Trinajstić information content (AvgIpc) is 3.35. The molecule has 0 saturated carbocycles. The fraction of sp³-hybridized carbons (Fsp3) is 0.421. The van der Waals surface area contributed by atoms with E-state index in [-0.39, 0.29) is 29.9 Å². The summed E-state index contributed by atoms with van der Waals surface area (Å²) in [7, 11) is -3.78. The van der Waals surface area contributed by atoms with E-state index in [1.165, 1.54) is 12.1 Å². The van der Waals surface area contributed by atoms with Crippen LogP contribution in [0.1, 0.15) is 24.1 Å². The lowest BCUT2D eigenvalue weighted by Crippen LogP contribution is -2.38. The molecule has 1 atom stereocenters. The van der Waals surface area contributed by atoms with E-state index in [1.807, 2.05) is 17.5 Å². The number of carbonyl (C=O) groups is 1. The van der Waals surface area contributed by atoms with Gasteiger partial charge in [-0.25, -0.2) is 17.5 Å². The summed E-state index contributed by atoms with van der Waals surface area (Å²) in [5, 5.41) is 1.96. The molecule has 152 valence electrons. The summed E-state index contributed by atoms with van der Waals surface area (Å²) in [6.07, 6.45) is 1.98. The van der Waals surface area contributed by atoms with Crippen molar-refractivity contribution in [3.05, 3.63) is 52.5 Å². The maximum atomic E-state index is 13.0. The number of sulfonamides is 1. The fourth-order valence-corrected chi connectivity index (χ4v) is 4.78. The zero-order valence-corrected chi connectivity index (χ0v) is 17.0. The monoisotopic (exact) mass is 426 g/mol. The molecule has 1 aromatic heterocycles. The van der Waals surface area contributed by atoms with Crippen LogP contribution in [0.5, 0.6) is 0 Å². The Labute approximate surface area is 168 Å². The molecule has 0 aliphatic carbocycles. The first-order valence-corrected chi connectivity index (χ1v) is 11.5. The van der Waals surface area contributed by atoms with Gasteiger partial charge < -0.3 is 9.64 Å². The Morgan fingerprint density at radius 2 is 2.07 bits per heavy atom. The van der Waals surface area contributed by atoms with Crippen LogP contribution in [-0.2, 0) is 26.1 Å². The van der Waals surface area contributed by atoms with Crippen molar-refractivity contribution in [3.63, 3.8) is 0 Å². The van der Waals surface area contributed by atoms with Gasteiger partial charge in [0.05, 0.1) is 17.5 Å². The van der Waals surface area contributed by atoms with Gasteiger partial charge in [0.15, 0.2) is 0 Å². The topological polar surface area (TPSA) is 75.7 Å². The van der Waals surface area contributed by atoms with Crippen LogP contribution in [0.25, 0.3) is 0 Å². The lowest BCUT2D eigenvalue weighted by atomic mass is 10.2. The van der Waals surface area contributed by atoms with Crippen LogP contribution in [0.2, 0.25) is 0 Å². The molecule has 0 spiro atoms. The first kappa shape index (κ1) is 20.9. The van der Waals surface area contributed by atoms with Crippen LogP contribution >= 0.6 is 11.3 Å². The first-order chi connectivity index (χ1) is 13.4. The molecule has 1 saturated heterocycles. The minimum atomic E-state index is -3.78. The van der Waals surface area contributed by atoms with Crippen molar-refractivity contribution in [3.8, 4) is 0 Å². The van der Waals surface area contributed by atoms with E-state index in [1.54, 1.807) is 16.2 Å². The predicted octanol–water partition coefficient (Wildman–Crippen LogP) is 2.76. The summed E-state index contributed by atoms with van der Waals surface area (Å²) in [5.74, 6) is -0.641. The second-order valence-corrected chi connectivity index (χ2v) is 9.39. The number of nitrogens with one attached hydrogen (secondary N) is 1. The summed E-state index contributed by atoms with van der Waals surface area (Å²) in [5.41, 5.74) is 0. The van der Waals surface area contributed by atoms with Gasteiger partial charge in [0.2, 0.25) is 15.9 Å². The largest absolute Gasteiger partial charge is 0.376 e. The molecule has 1 amide bonds. The molecule has 0 radical (unpaired) electrons. The number of hydrogen-bond acceptors (Lipinski definition) is 5. The number of benzene rings is 1. The summed E-state index contributed by atoms with van der Waals surface area (Å²) in [4.78, 5) is 15.5. The van der Waals surface area contributed by atoms with Gasteiger partial charge in [-0.3, -0.25) is 4.79 Å². The summed E-state index contributed by atoms with van der Waals surface area (Å²) in [6.45, 7) is 1.68.